The summed E-state index contributed by atoms with van der Waals surface area (Å²) >= 11 is 1.84. The van der Waals surface area contributed by atoms with Crippen molar-refractivity contribution in [2.75, 3.05) is 31.1 Å². The maximum atomic E-state index is 4.87. The zero-order valence-electron chi connectivity index (χ0n) is 15.9. The summed E-state index contributed by atoms with van der Waals surface area (Å²) in [5.74, 6) is 1.67. The highest BCUT2D eigenvalue weighted by atomic mass is 32.1. The van der Waals surface area contributed by atoms with Gasteiger partial charge in [0.15, 0.2) is 0 Å². The molecule has 3 aromatic heterocycles. The molecule has 0 aromatic carbocycles. The summed E-state index contributed by atoms with van der Waals surface area (Å²) in [5, 5.41) is 13.5. The van der Waals surface area contributed by atoms with Crippen LogP contribution in [0.2, 0.25) is 0 Å². The van der Waals surface area contributed by atoms with Crippen LogP contribution in [0.4, 0.5) is 5.82 Å². The predicted molar refractivity (Wildman–Crippen MR) is 106 cm³/mol. The highest BCUT2D eigenvalue weighted by Crippen LogP contribution is 2.39. The number of rotatable bonds is 7. The second kappa shape index (κ2) is 7.44. The van der Waals surface area contributed by atoms with Crippen LogP contribution in [0.15, 0.2) is 0 Å². The number of thiophene rings is 1. The highest BCUT2D eigenvalue weighted by Gasteiger charge is 2.26. The van der Waals surface area contributed by atoms with E-state index >= 15 is 0 Å². The molecule has 26 heavy (non-hydrogen) atoms. The van der Waals surface area contributed by atoms with Crippen LogP contribution in [-0.2, 0) is 13.0 Å². The van der Waals surface area contributed by atoms with E-state index < -0.39 is 0 Å². The fourth-order valence-corrected chi connectivity index (χ4v) is 5.18. The van der Waals surface area contributed by atoms with E-state index in [2.05, 4.69) is 46.1 Å². The Kier molecular flexibility index (Phi) is 5.04. The smallest absolute Gasteiger partial charge is 0.276 e. The van der Waals surface area contributed by atoms with Gasteiger partial charge in [-0.1, -0.05) is 25.4 Å². The van der Waals surface area contributed by atoms with E-state index in [1.165, 1.54) is 35.1 Å². The van der Waals surface area contributed by atoms with Crippen LogP contribution in [0.25, 0.3) is 16.0 Å². The van der Waals surface area contributed by atoms with Crippen molar-refractivity contribution in [1.29, 1.82) is 0 Å². The minimum atomic E-state index is 0.603. The van der Waals surface area contributed by atoms with Gasteiger partial charge in [0.05, 0.1) is 5.39 Å². The van der Waals surface area contributed by atoms with Gasteiger partial charge in [-0.25, -0.2) is 0 Å². The molecule has 0 N–H and O–H groups in total. The van der Waals surface area contributed by atoms with Crippen LogP contribution in [0.3, 0.4) is 0 Å². The number of fused-ring (bicyclic) bond motifs is 5. The first kappa shape index (κ1) is 17.6. The monoisotopic (exact) mass is 373 g/mol. The number of nitrogens with zero attached hydrogens (tertiary/aromatic N) is 7. The first-order chi connectivity index (χ1) is 12.8. The molecule has 0 radical (unpaired) electrons. The van der Waals surface area contributed by atoms with Crippen molar-refractivity contribution in [3.05, 3.63) is 10.4 Å². The molecule has 1 aliphatic heterocycles. The quantitative estimate of drug-likeness (QED) is 0.634. The molecule has 8 heteroatoms. The molecule has 0 fully saturated rings. The van der Waals surface area contributed by atoms with Gasteiger partial charge in [0.1, 0.15) is 10.6 Å². The zero-order chi connectivity index (χ0) is 18.1. The summed E-state index contributed by atoms with van der Waals surface area (Å²) < 4.78 is 1.82. The average molecular weight is 374 g/mol. The van der Waals surface area contributed by atoms with Gasteiger partial charge in [0.2, 0.25) is 0 Å². The fraction of sp³-hybridized carbons (Fsp3) is 0.667. The van der Waals surface area contributed by atoms with Gasteiger partial charge in [0, 0.05) is 31.1 Å². The Hall–Kier alpha value is -1.80. The first-order valence-electron chi connectivity index (χ1n) is 9.76. The van der Waals surface area contributed by atoms with Gasteiger partial charge >= 0.3 is 0 Å². The lowest BCUT2D eigenvalue weighted by molar-refractivity contribution is 0.258. The maximum absolute atomic E-state index is 4.87. The van der Waals surface area contributed by atoms with Crippen molar-refractivity contribution in [2.24, 2.45) is 0 Å². The number of hydrogen-bond donors (Lipinski definition) is 0. The molecule has 4 rings (SSSR count). The van der Waals surface area contributed by atoms with E-state index in [1.54, 1.807) is 0 Å². The van der Waals surface area contributed by atoms with Gasteiger partial charge in [-0.2, -0.15) is 9.50 Å². The fourth-order valence-electron chi connectivity index (χ4n) is 3.85. The molecule has 0 spiro atoms. The van der Waals surface area contributed by atoms with Gasteiger partial charge in [-0.15, -0.1) is 11.3 Å². The molecule has 0 saturated carbocycles. The van der Waals surface area contributed by atoms with Crippen molar-refractivity contribution in [2.45, 2.75) is 53.0 Å². The predicted octanol–water partition coefficient (Wildman–Crippen LogP) is 3.13. The van der Waals surface area contributed by atoms with E-state index in [1.807, 2.05) is 15.9 Å². The topological polar surface area (TPSA) is 62.5 Å². The van der Waals surface area contributed by atoms with Crippen LogP contribution in [0, 0.1) is 0 Å². The first-order valence-corrected chi connectivity index (χ1v) is 10.6. The van der Waals surface area contributed by atoms with Gasteiger partial charge in [-0.05, 0) is 48.7 Å². The molecular weight excluding hydrogens is 346 g/mol. The Morgan fingerprint density at radius 2 is 2.08 bits per heavy atom. The number of tetrazole rings is 1. The highest BCUT2D eigenvalue weighted by molar-refractivity contribution is 7.19. The Labute approximate surface area is 158 Å². The largest absolute Gasteiger partial charge is 0.356 e. The third-order valence-electron chi connectivity index (χ3n) is 5.19. The summed E-state index contributed by atoms with van der Waals surface area (Å²) in [6.45, 7) is 12.0. The van der Waals surface area contributed by atoms with E-state index in [-0.39, 0.29) is 0 Å². The lowest BCUT2D eigenvalue weighted by atomic mass is 10.0. The van der Waals surface area contributed by atoms with Crippen molar-refractivity contribution < 1.29 is 0 Å². The van der Waals surface area contributed by atoms with Gasteiger partial charge < -0.3 is 4.90 Å². The van der Waals surface area contributed by atoms with Crippen molar-refractivity contribution in [3.8, 4) is 0 Å². The summed E-state index contributed by atoms with van der Waals surface area (Å²) in [4.78, 5) is 12.4. The molecule has 0 aliphatic carbocycles. The lowest BCUT2D eigenvalue weighted by Gasteiger charge is -2.27. The summed E-state index contributed by atoms with van der Waals surface area (Å²) in [6.07, 6.45) is 4.64. The van der Waals surface area contributed by atoms with E-state index in [9.17, 15) is 0 Å². The van der Waals surface area contributed by atoms with E-state index in [0.29, 0.717) is 5.78 Å². The Balaban J connectivity index is 1.87. The third kappa shape index (κ3) is 2.95. The van der Waals surface area contributed by atoms with Crippen molar-refractivity contribution in [1.82, 2.24) is 29.9 Å². The normalized spacial score (nSPS) is 15.0. The molecule has 0 bridgehead atoms. The number of aromatic nitrogens is 5. The van der Waals surface area contributed by atoms with Gasteiger partial charge in [0.25, 0.3) is 5.78 Å². The molecule has 0 unspecified atom stereocenters. The molecule has 140 valence electrons. The molecule has 0 atom stereocenters. The second-order valence-corrected chi connectivity index (χ2v) is 8.05. The number of hydrogen-bond acceptors (Lipinski definition) is 7. The Bertz CT molecular complexity index is 900. The molecule has 7 nitrogen and oxygen atoms in total. The minimum Gasteiger partial charge on any atom is -0.356 e. The standard InChI is InChI=1S/C18H27N7S/c1-4-7-10-24(6-3)16-15-13-8-11-23(9-5-2)12-14(13)26-17(15)25-18(19-16)20-21-22-25/h4-12H2,1-3H3. The zero-order valence-corrected chi connectivity index (χ0v) is 16.7. The van der Waals surface area contributed by atoms with E-state index in [4.69, 9.17) is 4.98 Å². The molecule has 4 heterocycles. The summed E-state index contributed by atoms with van der Waals surface area (Å²) in [6, 6.07) is 0. The van der Waals surface area contributed by atoms with Crippen molar-refractivity contribution in [3.63, 3.8) is 0 Å². The van der Waals surface area contributed by atoms with Crippen LogP contribution in [0.5, 0.6) is 0 Å². The van der Waals surface area contributed by atoms with Crippen LogP contribution < -0.4 is 4.90 Å². The lowest BCUT2D eigenvalue weighted by Crippen LogP contribution is -2.30. The summed E-state index contributed by atoms with van der Waals surface area (Å²) in [5.41, 5.74) is 1.47. The van der Waals surface area contributed by atoms with Gasteiger partial charge in [-0.3, -0.25) is 4.90 Å². The molecule has 3 aromatic rings. The Morgan fingerprint density at radius 1 is 1.19 bits per heavy atom. The second-order valence-electron chi connectivity index (χ2n) is 6.97. The maximum Gasteiger partial charge on any atom is 0.276 e. The van der Waals surface area contributed by atoms with Crippen LogP contribution in [0.1, 0.15) is 50.5 Å². The molecule has 0 saturated heterocycles. The van der Waals surface area contributed by atoms with Crippen LogP contribution in [-0.4, -0.2) is 56.1 Å². The minimum absolute atomic E-state index is 0.603. The third-order valence-corrected chi connectivity index (χ3v) is 6.39. The average Bonchev–Trinajstić information content (AvgIpc) is 3.26. The van der Waals surface area contributed by atoms with E-state index in [0.717, 1.165) is 49.8 Å². The van der Waals surface area contributed by atoms with Crippen molar-refractivity contribution >= 4 is 33.1 Å². The number of anilines is 1. The summed E-state index contributed by atoms with van der Waals surface area (Å²) in [7, 11) is 0. The molecule has 1 aliphatic rings. The molecular formula is C18H27N7S. The Morgan fingerprint density at radius 3 is 2.85 bits per heavy atom. The number of unbranched alkanes of at least 4 members (excludes halogenated alkanes) is 1. The van der Waals surface area contributed by atoms with Crippen LogP contribution >= 0.6 is 11.3 Å². The SMILES string of the molecule is CCCCN(CC)c1nc2nnnn2c2sc3c(c12)CCN(CCC)C3. The molecule has 0 amide bonds.